The Balaban J connectivity index is 3.37. The van der Waals surface area contributed by atoms with Gasteiger partial charge in [-0.2, -0.15) is 4.79 Å². The van der Waals surface area contributed by atoms with Crippen molar-refractivity contribution >= 4 is 12.2 Å². The van der Waals surface area contributed by atoms with E-state index >= 15 is 0 Å². The van der Waals surface area contributed by atoms with Gasteiger partial charge in [0.2, 0.25) is 5.49 Å². The Hall–Kier alpha value is -1.08. The number of nitrogens with one attached hydrogen (secondary N) is 4. The van der Waals surface area contributed by atoms with E-state index in [1.165, 1.54) is 0 Å². The van der Waals surface area contributed by atoms with Crippen LogP contribution in [0.15, 0.2) is 0 Å². The van der Waals surface area contributed by atoms with Gasteiger partial charge in [0.15, 0.2) is 4.64 Å². The van der Waals surface area contributed by atoms with Gasteiger partial charge in [-0.1, -0.05) is 12.2 Å². The fourth-order valence-electron chi connectivity index (χ4n) is 0.420. The Kier molecular flexibility index (Phi) is 1.37. The van der Waals surface area contributed by atoms with Crippen LogP contribution in [0, 0.1) is 10.0 Å². The standard InChI is InChI=1S/C2H6N6S/c3-1-2(9)5-7-8(1)6-4/h3,6-7H,4H2,(H,5,9). The molecule has 0 saturated heterocycles. The zero-order valence-electron chi connectivity index (χ0n) is 4.43. The van der Waals surface area contributed by atoms with E-state index in [0.717, 1.165) is 4.79 Å². The van der Waals surface area contributed by atoms with Crippen molar-refractivity contribution in [3.05, 3.63) is 10.1 Å². The van der Waals surface area contributed by atoms with Gasteiger partial charge < -0.3 is 0 Å². The van der Waals surface area contributed by atoms with E-state index in [2.05, 4.69) is 28.1 Å². The molecule has 6 N–H and O–H groups in total. The van der Waals surface area contributed by atoms with Crippen molar-refractivity contribution in [1.29, 1.82) is 5.41 Å². The van der Waals surface area contributed by atoms with Gasteiger partial charge in [-0.05, 0) is 0 Å². The highest BCUT2D eigenvalue weighted by atomic mass is 32.1. The van der Waals surface area contributed by atoms with Gasteiger partial charge >= 0.3 is 0 Å². The number of hydrogen-bond acceptors (Lipinski definition) is 4. The van der Waals surface area contributed by atoms with Crippen LogP contribution in [-0.4, -0.2) is 15.1 Å². The summed E-state index contributed by atoms with van der Waals surface area (Å²) < 4.78 is 0.313. The monoisotopic (exact) mass is 146 g/mol. The fraction of sp³-hybridized carbons (Fsp3) is 0. The molecule has 0 aliphatic rings. The third-order valence-corrected chi connectivity index (χ3v) is 1.14. The molecule has 7 heteroatoms. The number of H-pyrrole nitrogens is 2. The lowest BCUT2D eigenvalue weighted by Crippen LogP contribution is -2.31. The van der Waals surface area contributed by atoms with E-state index < -0.39 is 0 Å². The minimum atomic E-state index is 0.104. The first-order chi connectivity index (χ1) is 4.25. The van der Waals surface area contributed by atoms with Gasteiger partial charge in [-0.15, -0.1) is 0 Å². The molecule has 1 heterocycles. The lowest BCUT2D eigenvalue weighted by atomic mass is 10.9. The molecular formula is C2H6N6S. The van der Waals surface area contributed by atoms with Crippen molar-refractivity contribution in [3.8, 4) is 0 Å². The molecule has 1 aromatic heterocycles. The first kappa shape index (κ1) is 6.05. The third kappa shape index (κ3) is 0.864. The number of hydrazine groups is 1. The predicted molar refractivity (Wildman–Crippen MR) is 33.4 cm³/mol. The van der Waals surface area contributed by atoms with Crippen molar-refractivity contribution in [2.24, 2.45) is 5.84 Å². The second-order valence-corrected chi connectivity index (χ2v) is 1.79. The van der Waals surface area contributed by atoms with E-state index in [1.807, 2.05) is 0 Å². The van der Waals surface area contributed by atoms with Crippen LogP contribution in [0.5, 0.6) is 0 Å². The van der Waals surface area contributed by atoms with Crippen LogP contribution < -0.4 is 16.9 Å². The summed E-state index contributed by atoms with van der Waals surface area (Å²) in [6.07, 6.45) is 0. The molecule has 1 rings (SSSR count). The lowest BCUT2D eigenvalue weighted by Gasteiger charge is -1.94. The summed E-state index contributed by atoms with van der Waals surface area (Å²) >= 11 is 4.65. The number of nitrogen functional groups attached to an aromatic ring is 1. The van der Waals surface area contributed by atoms with Crippen molar-refractivity contribution < 1.29 is 0 Å². The number of aromatic amines is 2. The topological polar surface area (TPSA) is 98.4 Å². The van der Waals surface area contributed by atoms with E-state index in [0.29, 0.717) is 4.64 Å². The van der Waals surface area contributed by atoms with Gasteiger partial charge in [0.05, 0.1) is 0 Å². The summed E-state index contributed by atoms with van der Waals surface area (Å²) in [6.45, 7) is 0. The molecule has 0 atom stereocenters. The van der Waals surface area contributed by atoms with Crippen LogP contribution in [0.1, 0.15) is 0 Å². The van der Waals surface area contributed by atoms with E-state index in [9.17, 15) is 0 Å². The Morgan fingerprint density at radius 3 is 2.67 bits per heavy atom. The van der Waals surface area contributed by atoms with Crippen molar-refractivity contribution in [2.75, 3.05) is 5.53 Å². The quantitative estimate of drug-likeness (QED) is 0.195. The first-order valence-corrected chi connectivity index (χ1v) is 2.57. The second-order valence-electron chi connectivity index (χ2n) is 1.38. The summed E-state index contributed by atoms with van der Waals surface area (Å²) in [7, 11) is 0. The second kappa shape index (κ2) is 2.03. The normalized spacial score (nSPS) is 9.44. The molecule has 1 aromatic rings. The fourth-order valence-corrected chi connectivity index (χ4v) is 0.557. The average Bonchev–Trinajstić information content (AvgIpc) is 2.15. The van der Waals surface area contributed by atoms with Crippen LogP contribution >= 0.6 is 12.2 Å². The number of aromatic nitrogens is 3. The van der Waals surface area contributed by atoms with Crippen molar-refractivity contribution in [3.63, 3.8) is 0 Å². The predicted octanol–water partition coefficient (Wildman–Crippen LogP) is -1.23. The Morgan fingerprint density at radius 2 is 2.44 bits per heavy atom. The molecule has 0 bridgehead atoms. The van der Waals surface area contributed by atoms with Crippen molar-refractivity contribution in [1.82, 2.24) is 15.1 Å². The maximum atomic E-state index is 7.13. The third-order valence-electron chi connectivity index (χ3n) is 0.849. The maximum Gasteiger partial charge on any atom is 0.201 e. The summed E-state index contributed by atoms with van der Waals surface area (Å²) in [5, 5.41) is 12.1. The van der Waals surface area contributed by atoms with Gasteiger partial charge in [0, 0.05) is 0 Å². The van der Waals surface area contributed by atoms with Crippen LogP contribution in [0.2, 0.25) is 0 Å². The van der Waals surface area contributed by atoms with Gasteiger partial charge in [0.25, 0.3) is 0 Å². The van der Waals surface area contributed by atoms with Gasteiger partial charge in [-0.3, -0.25) is 10.5 Å². The highest BCUT2D eigenvalue weighted by molar-refractivity contribution is 7.71. The summed E-state index contributed by atoms with van der Waals surface area (Å²) in [6, 6.07) is 0. The largest absolute Gasteiger partial charge is 0.279 e. The number of nitrogens with zero attached hydrogens (tertiary/aromatic N) is 1. The Labute approximate surface area is 55.1 Å². The van der Waals surface area contributed by atoms with Crippen LogP contribution in [0.25, 0.3) is 0 Å². The molecule has 0 aromatic carbocycles. The zero-order chi connectivity index (χ0) is 6.85. The van der Waals surface area contributed by atoms with Gasteiger partial charge in [-0.25, -0.2) is 16.6 Å². The Bertz CT molecular complexity index is 288. The molecule has 0 aliphatic carbocycles. The van der Waals surface area contributed by atoms with Crippen LogP contribution in [-0.2, 0) is 0 Å². The Morgan fingerprint density at radius 1 is 1.78 bits per heavy atom. The van der Waals surface area contributed by atoms with E-state index in [1.54, 1.807) is 0 Å². The summed E-state index contributed by atoms with van der Waals surface area (Å²) in [5.74, 6) is 4.96. The summed E-state index contributed by atoms with van der Waals surface area (Å²) in [5.41, 5.74) is 2.30. The SMILES string of the molecule is N=c1c(=S)[nH][nH]n1NN. The molecule has 0 radical (unpaired) electrons. The molecule has 0 unspecified atom stereocenters. The van der Waals surface area contributed by atoms with Crippen molar-refractivity contribution in [2.45, 2.75) is 0 Å². The number of nitrogens with two attached hydrogens (primary N) is 1. The first-order valence-electron chi connectivity index (χ1n) is 2.16. The molecule has 0 amide bonds. The van der Waals surface area contributed by atoms with E-state index in [4.69, 9.17) is 11.3 Å². The van der Waals surface area contributed by atoms with Gasteiger partial charge in [0.1, 0.15) is 0 Å². The van der Waals surface area contributed by atoms with Crippen LogP contribution in [0.3, 0.4) is 0 Å². The number of rotatable bonds is 1. The average molecular weight is 146 g/mol. The molecule has 0 spiro atoms. The minimum Gasteiger partial charge on any atom is -0.279 e. The molecule has 0 aliphatic heterocycles. The maximum absolute atomic E-state index is 7.13. The molecular weight excluding hydrogens is 140 g/mol. The molecule has 6 nitrogen and oxygen atoms in total. The molecule has 9 heavy (non-hydrogen) atoms. The summed E-state index contributed by atoms with van der Waals surface area (Å²) in [4.78, 5) is 1.16. The minimum absolute atomic E-state index is 0.104. The molecule has 0 saturated carbocycles. The highest BCUT2D eigenvalue weighted by Crippen LogP contribution is 1.65. The van der Waals surface area contributed by atoms with E-state index in [-0.39, 0.29) is 5.49 Å². The highest BCUT2D eigenvalue weighted by Gasteiger charge is 1.88. The van der Waals surface area contributed by atoms with Crippen LogP contribution in [0.4, 0.5) is 0 Å². The smallest absolute Gasteiger partial charge is 0.201 e. The molecule has 50 valence electrons. The zero-order valence-corrected chi connectivity index (χ0v) is 5.25. The lowest BCUT2D eigenvalue weighted by molar-refractivity contribution is 0.673. The number of hydrogen-bond donors (Lipinski definition) is 5. The molecule has 0 fully saturated rings.